The Kier molecular flexibility index (Phi) is 4.69. The smallest absolute Gasteiger partial charge is 0.0223 e. The Morgan fingerprint density at radius 1 is 1.12 bits per heavy atom. The topological polar surface area (TPSA) is 6.48 Å². The van der Waals surface area contributed by atoms with E-state index in [4.69, 9.17) is 0 Å². The van der Waals surface area contributed by atoms with Gasteiger partial charge in [-0.25, -0.2) is 0 Å². The molecule has 0 radical (unpaired) electrons. The van der Waals surface area contributed by atoms with Crippen LogP contribution in [0.5, 0.6) is 0 Å². The molecule has 0 N–H and O–H groups in total. The van der Waals surface area contributed by atoms with Crippen molar-refractivity contribution in [3.05, 3.63) is 0 Å². The van der Waals surface area contributed by atoms with Gasteiger partial charge in [-0.2, -0.15) is 0 Å². The average molecular weight is 220 g/mol. The molecule has 2 saturated heterocycles. The summed E-state index contributed by atoms with van der Waals surface area (Å²) in [7, 11) is 0. The van der Waals surface area contributed by atoms with Crippen LogP contribution in [0.4, 0.5) is 0 Å². The Bertz CT molecular complexity index is 264. The summed E-state index contributed by atoms with van der Waals surface area (Å²) in [5, 5.41) is 0. The summed E-state index contributed by atoms with van der Waals surface area (Å²) >= 11 is 0. The van der Waals surface area contributed by atoms with Crippen LogP contribution in [-0.4, -0.2) is 48.6 Å². The number of nitrogens with zero attached hydrogens (tertiary/aromatic N) is 2. The van der Waals surface area contributed by atoms with Crippen molar-refractivity contribution >= 4 is 0 Å². The zero-order valence-corrected chi connectivity index (χ0v) is 10.5. The first kappa shape index (κ1) is 12.0. The molecule has 2 aliphatic rings. The molecule has 2 nitrogen and oxygen atoms in total. The van der Waals surface area contributed by atoms with Crippen LogP contribution in [-0.2, 0) is 0 Å². The molecule has 16 heavy (non-hydrogen) atoms. The first-order chi connectivity index (χ1) is 7.90. The van der Waals surface area contributed by atoms with Gasteiger partial charge in [0.1, 0.15) is 0 Å². The third kappa shape index (κ3) is 3.23. The molecule has 0 spiro atoms. The Morgan fingerprint density at radius 3 is 2.88 bits per heavy atom. The van der Waals surface area contributed by atoms with Crippen molar-refractivity contribution in [3.8, 4) is 11.8 Å². The number of hydrogen-bond donors (Lipinski definition) is 0. The summed E-state index contributed by atoms with van der Waals surface area (Å²) in [5.41, 5.74) is 0. The zero-order valence-electron chi connectivity index (χ0n) is 10.5. The number of hydrogen-bond acceptors (Lipinski definition) is 2. The molecule has 0 aromatic carbocycles. The second-order valence-corrected chi connectivity index (χ2v) is 5.02. The number of piperidine rings is 1. The lowest BCUT2D eigenvalue weighted by Crippen LogP contribution is -2.44. The molecule has 1 atom stereocenters. The van der Waals surface area contributed by atoms with Crippen LogP contribution < -0.4 is 0 Å². The lowest BCUT2D eigenvalue weighted by Gasteiger charge is -2.35. The minimum Gasteiger partial charge on any atom is -0.301 e. The molecule has 2 heteroatoms. The molecular weight excluding hydrogens is 196 g/mol. The Labute approximate surface area is 100.0 Å². The van der Waals surface area contributed by atoms with E-state index >= 15 is 0 Å². The summed E-state index contributed by atoms with van der Waals surface area (Å²) in [6.45, 7) is 8.33. The van der Waals surface area contributed by atoms with Crippen molar-refractivity contribution < 1.29 is 0 Å². The van der Waals surface area contributed by atoms with E-state index in [1.165, 1.54) is 58.4 Å². The Morgan fingerprint density at radius 2 is 2.00 bits per heavy atom. The van der Waals surface area contributed by atoms with Crippen molar-refractivity contribution in [1.82, 2.24) is 9.80 Å². The largest absolute Gasteiger partial charge is 0.301 e. The second kappa shape index (κ2) is 6.27. The lowest BCUT2D eigenvalue weighted by atomic mass is 10.0. The van der Waals surface area contributed by atoms with E-state index < -0.39 is 0 Å². The predicted octanol–water partition coefficient (Wildman–Crippen LogP) is 1.96. The molecule has 0 aromatic rings. The maximum Gasteiger partial charge on any atom is 0.0223 e. The third-order valence-corrected chi connectivity index (χ3v) is 3.87. The fourth-order valence-corrected chi connectivity index (χ4v) is 2.99. The molecule has 0 saturated carbocycles. The van der Waals surface area contributed by atoms with E-state index in [1.807, 2.05) is 6.92 Å². The van der Waals surface area contributed by atoms with E-state index in [2.05, 4.69) is 21.6 Å². The van der Waals surface area contributed by atoms with Gasteiger partial charge in [-0.15, -0.1) is 11.8 Å². The van der Waals surface area contributed by atoms with E-state index in [0.29, 0.717) is 0 Å². The van der Waals surface area contributed by atoms with Crippen molar-refractivity contribution in [3.63, 3.8) is 0 Å². The first-order valence-corrected chi connectivity index (χ1v) is 6.76. The summed E-state index contributed by atoms with van der Waals surface area (Å²) in [6.07, 6.45) is 6.65. The maximum atomic E-state index is 3.18. The molecule has 2 fully saturated rings. The minimum absolute atomic E-state index is 0.839. The standard InChI is InChI=1S/C14H24N2/c1-2-3-5-9-15-10-7-12-16-11-6-4-8-14(16)13-15/h14H,4-13H2,1H3. The summed E-state index contributed by atoms with van der Waals surface area (Å²) in [6, 6.07) is 0.839. The monoisotopic (exact) mass is 220 g/mol. The minimum atomic E-state index is 0.839. The summed E-state index contributed by atoms with van der Waals surface area (Å²) in [5.74, 6) is 6.17. The maximum absolute atomic E-state index is 3.18. The Balaban J connectivity index is 1.83. The molecule has 2 heterocycles. The molecule has 0 amide bonds. The summed E-state index contributed by atoms with van der Waals surface area (Å²) in [4.78, 5) is 5.34. The van der Waals surface area contributed by atoms with Crippen LogP contribution in [0.2, 0.25) is 0 Å². The van der Waals surface area contributed by atoms with E-state index in [0.717, 1.165) is 12.5 Å². The molecule has 2 rings (SSSR count). The van der Waals surface area contributed by atoms with Crippen molar-refractivity contribution in [2.75, 3.05) is 32.7 Å². The van der Waals surface area contributed by atoms with Crippen LogP contribution >= 0.6 is 0 Å². The van der Waals surface area contributed by atoms with Gasteiger partial charge in [0.25, 0.3) is 0 Å². The SMILES string of the molecule is CC#CCCN1CCCN2CCCCC2C1. The highest BCUT2D eigenvalue weighted by Crippen LogP contribution is 2.20. The van der Waals surface area contributed by atoms with Crippen LogP contribution in [0.3, 0.4) is 0 Å². The van der Waals surface area contributed by atoms with Gasteiger partial charge in [0.15, 0.2) is 0 Å². The van der Waals surface area contributed by atoms with Crippen LogP contribution in [0.15, 0.2) is 0 Å². The van der Waals surface area contributed by atoms with Gasteiger partial charge in [-0.3, -0.25) is 4.90 Å². The van der Waals surface area contributed by atoms with Gasteiger partial charge in [-0.05, 0) is 45.8 Å². The molecule has 1 unspecified atom stereocenters. The lowest BCUT2D eigenvalue weighted by molar-refractivity contribution is 0.137. The molecule has 0 bridgehead atoms. The van der Waals surface area contributed by atoms with Gasteiger partial charge in [0.05, 0.1) is 0 Å². The van der Waals surface area contributed by atoms with Crippen LogP contribution in [0, 0.1) is 11.8 Å². The molecule has 90 valence electrons. The number of fused-ring (bicyclic) bond motifs is 1. The van der Waals surface area contributed by atoms with E-state index in [9.17, 15) is 0 Å². The fraction of sp³-hybridized carbons (Fsp3) is 0.857. The molecule has 0 aromatic heterocycles. The first-order valence-electron chi connectivity index (χ1n) is 6.76. The Hall–Kier alpha value is -0.520. The highest BCUT2D eigenvalue weighted by atomic mass is 15.2. The highest BCUT2D eigenvalue weighted by molar-refractivity contribution is 4.95. The van der Waals surface area contributed by atoms with E-state index in [-0.39, 0.29) is 0 Å². The van der Waals surface area contributed by atoms with Gasteiger partial charge in [-0.1, -0.05) is 6.42 Å². The second-order valence-electron chi connectivity index (χ2n) is 5.02. The zero-order chi connectivity index (χ0) is 11.2. The van der Waals surface area contributed by atoms with Gasteiger partial charge >= 0.3 is 0 Å². The number of rotatable bonds is 2. The van der Waals surface area contributed by atoms with Crippen molar-refractivity contribution in [2.45, 2.75) is 45.1 Å². The fourth-order valence-electron chi connectivity index (χ4n) is 2.99. The normalized spacial score (nSPS) is 27.7. The van der Waals surface area contributed by atoms with E-state index in [1.54, 1.807) is 0 Å². The van der Waals surface area contributed by atoms with Crippen molar-refractivity contribution in [1.29, 1.82) is 0 Å². The van der Waals surface area contributed by atoms with Crippen LogP contribution in [0.1, 0.15) is 39.0 Å². The quantitative estimate of drug-likeness (QED) is 0.656. The molecule has 2 aliphatic heterocycles. The highest BCUT2D eigenvalue weighted by Gasteiger charge is 2.26. The summed E-state index contributed by atoms with van der Waals surface area (Å²) < 4.78 is 0. The average Bonchev–Trinajstić information content (AvgIpc) is 2.51. The van der Waals surface area contributed by atoms with Gasteiger partial charge in [0.2, 0.25) is 0 Å². The van der Waals surface area contributed by atoms with Gasteiger partial charge in [0, 0.05) is 25.6 Å². The van der Waals surface area contributed by atoms with Crippen molar-refractivity contribution in [2.24, 2.45) is 0 Å². The van der Waals surface area contributed by atoms with Gasteiger partial charge < -0.3 is 4.90 Å². The third-order valence-electron chi connectivity index (χ3n) is 3.87. The molecular formula is C14H24N2. The van der Waals surface area contributed by atoms with Crippen LogP contribution in [0.25, 0.3) is 0 Å². The molecule has 0 aliphatic carbocycles. The predicted molar refractivity (Wildman–Crippen MR) is 68.3 cm³/mol.